The van der Waals surface area contributed by atoms with Gasteiger partial charge in [-0.1, -0.05) is 31.6 Å². The van der Waals surface area contributed by atoms with Gasteiger partial charge >= 0.3 is 0 Å². The number of hydrogen-bond donors (Lipinski definition) is 1. The van der Waals surface area contributed by atoms with Gasteiger partial charge < -0.3 is 5.11 Å². The Hall–Kier alpha value is -0.890. The van der Waals surface area contributed by atoms with Crippen molar-refractivity contribution in [2.24, 2.45) is 5.92 Å². The first-order valence-electron chi connectivity index (χ1n) is 4.32. The second-order valence-electron chi connectivity index (χ2n) is 2.99. The molecule has 2 nitrogen and oxygen atoms in total. The largest absolute Gasteiger partial charge is 0.388 e. The molecule has 2 heteroatoms. The molecular weight excluding hydrogens is 152 g/mol. The Morgan fingerprint density at radius 2 is 2.42 bits per heavy atom. The van der Waals surface area contributed by atoms with Gasteiger partial charge in [0.05, 0.1) is 12.0 Å². The van der Waals surface area contributed by atoms with Gasteiger partial charge in [-0.25, -0.2) is 0 Å². The number of rotatable bonds is 3. The predicted octanol–water partition coefficient (Wildman–Crippen LogP) is 1.46. The predicted molar refractivity (Wildman–Crippen MR) is 47.7 cm³/mol. The van der Waals surface area contributed by atoms with Gasteiger partial charge in [0.25, 0.3) is 0 Å². The highest BCUT2D eigenvalue weighted by Gasteiger charge is 2.25. The highest BCUT2D eigenvalue weighted by atomic mass is 16.3. The Morgan fingerprint density at radius 3 is 2.92 bits per heavy atom. The van der Waals surface area contributed by atoms with Crippen LogP contribution in [0.1, 0.15) is 19.8 Å². The SMILES string of the molecule is CCCC=CC1C(=O)C=CC1O. The van der Waals surface area contributed by atoms with E-state index in [-0.39, 0.29) is 11.7 Å². The van der Waals surface area contributed by atoms with Crippen LogP contribution in [0.5, 0.6) is 0 Å². The number of hydrogen-bond acceptors (Lipinski definition) is 2. The fraction of sp³-hybridized carbons (Fsp3) is 0.500. The van der Waals surface area contributed by atoms with Gasteiger partial charge in [0.15, 0.2) is 5.78 Å². The van der Waals surface area contributed by atoms with Gasteiger partial charge in [0.1, 0.15) is 0 Å². The second-order valence-corrected chi connectivity index (χ2v) is 2.99. The smallest absolute Gasteiger partial charge is 0.165 e. The lowest BCUT2D eigenvalue weighted by Gasteiger charge is -2.06. The summed E-state index contributed by atoms with van der Waals surface area (Å²) in [7, 11) is 0. The van der Waals surface area contributed by atoms with E-state index in [0.717, 1.165) is 12.8 Å². The standard InChI is InChI=1S/C10H14O2/c1-2-3-4-5-8-9(11)6-7-10(8)12/h4-9,11H,2-3H2,1H3. The van der Waals surface area contributed by atoms with Crippen molar-refractivity contribution in [2.75, 3.05) is 0 Å². The van der Waals surface area contributed by atoms with E-state index < -0.39 is 6.10 Å². The number of ketones is 1. The van der Waals surface area contributed by atoms with E-state index in [9.17, 15) is 9.90 Å². The summed E-state index contributed by atoms with van der Waals surface area (Å²) in [6.07, 6.45) is 8.19. The average Bonchev–Trinajstić information content (AvgIpc) is 2.35. The van der Waals surface area contributed by atoms with Gasteiger partial charge in [0, 0.05) is 0 Å². The van der Waals surface area contributed by atoms with Crippen LogP contribution in [0, 0.1) is 5.92 Å². The van der Waals surface area contributed by atoms with Gasteiger partial charge in [-0.2, -0.15) is 0 Å². The molecule has 12 heavy (non-hydrogen) atoms. The molecule has 0 aliphatic heterocycles. The number of unbranched alkanes of at least 4 members (excludes halogenated alkanes) is 1. The summed E-state index contributed by atoms with van der Waals surface area (Å²) >= 11 is 0. The van der Waals surface area contributed by atoms with E-state index >= 15 is 0 Å². The minimum Gasteiger partial charge on any atom is -0.388 e. The van der Waals surface area contributed by atoms with Crippen LogP contribution in [0.25, 0.3) is 0 Å². The van der Waals surface area contributed by atoms with Gasteiger partial charge in [-0.3, -0.25) is 4.79 Å². The molecule has 0 aromatic carbocycles. The Bertz CT molecular complexity index is 216. The van der Waals surface area contributed by atoms with Gasteiger partial charge in [0.2, 0.25) is 0 Å². The van der Waals surface area contributed by atoms with Crippen molar-refractivity contribution in [3.05, 3.63) is 24.3 Å². The molecule has 0 aromatic heterocycles. The van der Waals surface area contributed by atoms with E-state index in [1.165, 1.54) is 6.08 Å². The van der Waals surface area contributed by atoms with Gasteiger partial charge in [-0.05, 0) is 12.5 Å². The molecule has 0 fully saturated rings. The van der Waals surface area contributed by atoms with Crippen LogP contribution in [-0.4, -0.2) is 17.0 Å². The van der Waals surface area contributed by atoms with Crippen LogP contribution in [0.2, 0.25) is 0 Å². The maximum Gasteiger partial charge on any atom is 0.165 e. The summed E-state index contributed by atoms with van der Waals surface area (Å²) in [5.74, 6) is -0.314. The summed E-state index contributed by atoms with van der Waals surface area (Å²) in [6.45, 7) is 2.08. The van der Waals surface area contributed by atoms with Crippen LogP contribution in [0.3, 0.4) is 0 Å². The third-order valence-electron chi connectivity index (χ3n) is 1.95. The van der Waals surface area contributed by atoms with Crippen molar-refractivity contribution in [3.63, 3.8) is 0 Å². The van der Waals surface area contributed by atoms with Crippen molar-refractivity contribution in [2.45, 2.75) is 25.9 Å². The van der Waals surface area contributed by atoms with Crippen LogP contribution in [0.4, 0.5) is 0 Å². The lowest BCUT2D eigenvalue weighted by Crippen LogP contribution is -2.17. The minimum absolute atomic E-state index is 0.00912. The average molecular weight is 166 g/mol. The van der Waals surface area contributed by atoms with E-state index in [0.29, 0.717) is 0 Å². The Balaban J connectivity index is 2.47. The Labute approximate surface area is 72.6 Å². The van der Waals surface area contributed by atoms with Crippen LogP contribution in [-0.2, 0) is 4.79 Å². The van der Waals surface area contributed by atoms with Crippen molar-refractivity contribution < 1.29 is 9.90 Å². The van der Waals surface area contributed by atoms with Gasteiger partial charge in [-0.15, -0.1) is 0 Å². The molecule has 1 aliphatic rings. The topological polar surface area (TPSA) is 37.3 Å². The summed E-state index contributed by atoms with van der Waals surface area (Å²) in [5, 5.41) is 9.30. The van der Waals surface area contributed by atoms with E-state index in [1.807, 2.05) is 6.08 Å². The number of aliphatic hydroxyl groups is 1. The molecule has 1 N–H and O–H groups in total. The molecular formula is C10H14O2. The summed E-state index contributed by atoms with van der Waals surface area (Å²) in [5.41, 5.74) is 0. The quantitative estimate of drug-likeness (QED) is 0.644. The van der Waals surface area contributed by atoms with Crippen molar-refractivity contribution in [1.82, 2.24) is 0 Å². The maximum atomic E-state index is 11.1. The first kappa shape index (κ1) is 9.20. The lowest BCUT2D eigenvalue weighted by molar-refractivity contribution is -0.117. The Morgan fingerprint density at radius 1 is 1.67 bits per heavy atom. The second kappa shape index (κ2) is 4.21. The molecule has 0 bridgehead atoms. The fourth-order valence-corrected chi connectivity index (χ4v) is 1.21. The third-order valence-corrected chi connectivity index (χ3v) is 1.95. The zero-order valence-corrected chi connectivity index (χ0v) is 7.23. The molecule has 2 atom stereocenters. The molecule has 0 radical (unpaired) electrons. The molecule has 0 aromatic rings. The molecule has 1 rings (SSSR count). The van der Waals surface area contributed by atoms with Crippen LogP contribution in [0.15, 0.2) is 24.3 Å². The third kappa shape index (κ3) is 2.05. The lowest BCUT2D eigenvalue weighted by atomic mass is 10.0. The summed E-state index contributed by atoms with van der Waals surface area (Å²) in [6, 6.07) is 0. The van der Waals surface area contributed by atoms with Crippen molar-refractivity contribution in [1.29, 1.82) is 0 Å². The van der Waals surface area contributed by atoms with E-state index in [2.05, 4.69) is 6.92 Å². The van der Waals surface area contributed by atoms with E-state index in [1.54, 1.807) is 12.2 Å². The molecule has 0 amide bonds. The molecule has 0 spiro atoms. The number of allylic oxidation sites excluding steroid dienone is 2. The normalized spacial score (nSPS) is 29.0. The zero-order chi connectivity index (χ0) is 8.97. The summed E-state index contributed by atoms with van der Waals surface area (Å²) in [4.78, 5) is 11.1. The van der Waals surface area contributed by atoms with E-state index in [4.69, 9.17) is 0 Å². The monoisotopic (exact) mass is 166 g/mol. The maximum absolute atomic E-state index is 11.1. The van der Waals surface area contributed by atoms with Crippen molar-refractivity contribution >= 4 is 5.78 Å². The fourth-order valence-electron chi connectivity index (χ4n) is 1.21. The first-order valence-corrected chi connectivity index (χ1v) is 4.32. The number of carbonyl (C=O) groups is 1. The van der Waals surface area contributed by atoms with Crippen LogP contribution < -0.4 is 0 Å². The van der Waals surface area contributed by atoms with Crippen LogP contribution >= 0.6 is 0 Å². The highest BCUT2D eigenvalue weighted by molar-refractivity contribution is 5.96. The molecule has 0 saturated carbocycles. The first-order chi connectivity index (χ1) is 5.75. The molecule has 0 heterocycles. The minimum atomic E-state index is -0.606. The molecule has 1 aliphatic carbocycles. The Kier molecular flexibility index (Phi) is 3.23. The molecule has 0 saturated heterocycles. The number of carbonyl (C=O) groups excluding carboxylic acids is 1. The summed E-state index contributed by atoms with van der Waals surface area (Å²) < 4.78 is 0. The van der Waals surface area contributed by atoms with Crippen molar-refractivity contribution in [3.8, 4) is 0 Å². The zero-order valence-electron chi connectivity index (χ0n) is 7.23. The number of aliphatic hydroxyl groups excluding tert-OH is 1. The highest BCUT2D eigenvalue weighted by Crippen LogP contribution is 2.16. The molecule has 2 unspecified atom stereocenters. The molecule has 66 valence electrons.